The molecule has 0 aliphatic carbocycles. The molecule has 0 amide bonds. The molecule has 0 bridgehead atoms. The molecule has 0 radical (unpaired) electrons. The average molecular weight is 459 g/mol. The highest BCUT2D eigenvalue weighted by molar-refractivity contribution is 7.84. The van der Waals surface area contributed by atoms with Crippen LogP contribution in [0.3, 0.4) is 0 Å². The molecule has 3 unspecified atom stereocenters. The zero-order valence-electron chi connectivity index (χ0n) is 20.0. The lowest BCUT2D eigenvalue weighted by Crippen LogP contribution is -2.38. The molecule has 0 aromatic heterocycles. The fraction of sp³-hybridized carbons (Fsp3) is 0.462. The van der Waals surface area contributed by atoms with Crippen molar-refractivity contribution < 1.29 is 23.6 Å². The lowest BCUT2D eigenvalue weighted by atomic mass is 9.84. The standard InChI is InChI=1S/C26H34O5S/c1-16(19(4)23(27)21-10-12-22(13-11-21)32(7)30)8-9-20-14-17(2)24(18(3)15-20)31-26(5,6)25(28)29/h10-16,19H,8-9H2,1-7H3,(H,28,29). The number of rotatable bonds is 10. The zero-order valence-corrected chi connectivity index (χ0v) is 20.8. The third-order valence-electron chi connectivity index (χ3n) is 6.02. The lowest BCUT2D eigenvalue weighted by Gasteiger charge is -2.25. The van der Waals surface area contributed by atoms with E-state index in [1.54, 1.807) is 30.5 Å². The van der Waals surface area contributed by atoms with Gasteiger partial charge in [-0.05, 0) is 75.3 Å². The summed E-state index contributed by atoms with van der Waals surface area (Å²) < 4.78 is 17.3. The van der Waals surface area contributed by atoms with Gasteiger partial charge in [-0.25, -0.2) is 4.79 Å². The van der Waals surface area contributed by atoms with E-state index in [-0.39, 0.29) is 17.6 Å². The Morgan fingerprint density at radius 3 is 2.06 bits per heavy atom. The molecule has 0 heterocycles. The highest BCUT2D eigenvalue weighted by atomic mass is 32.2. The molecule has 5 nitrogen and oxygen atoms in total. The first-order valence-corrected chi connectivity index (χ1v) is 12.4. The summed E-state index contributed by atoms with van der Waals surface area (Å²) in [5, 5.41) is 9.34. The Balaban J connectivity index is 2.05. The van der Waals surface area contributed by atoms with Crippen molar-refractivity contribution in [1.29, 1.82) is 0 Å². The van der Waals surface area contributed by atoms with Crippen LogP contribution in [-0.4, -0.2) is 32.9 Å². The quantitative estimate of drug-likeness (QED) is 0.484. The number of aliphatic carboxylic acids is 1. The normalized spacial score (nSPS) is 14.5. The Bertz CT molecular complexity index is 984. The molecular formula is C26H34O5S. The molecular weight excluding hydrogens is 424 g/mol. The number of hydrogen-bond donors (Lipinski definition) is 1. The van der Waals surface area contributed by atoms with Crippen molar-refractivity contribution in [3.63, 3.8) is 0 Å². The van der Waals surface area contributed by atoms with Gasteiger partial charge in [-0.15, -0.1) is 0 Å². The van der Waals surface area contributed by atoms with Gasteiger partial charge >= 0.3 is 5.97 Å². The van der Waals surface area contributed by atoms with Crippen LogP contribution in [0.25, 0.3) is 0 Å². The van der Waals surface area contributed by atoms with E-state index in [4.69, 9.17) is 4.74 Å². The van der Waals surface area contributed by atoms with E-state index in [2.05, 4.69) is 6.92 Å². The molecule has 174 valence electrons. The maximum Gasteiger partial charge on any atom is 0.347 e. The molecule has 32 heavy (non-hydrogen) atoms. The minimum absolute atomic E-state index is 0.0953. The Hall–Kier alpha value is -2.47. The van der Waals surface area contributed by atoms with Gasteiger partial charge in [0.05, 0.1) is 0 Å². The molecule has 0 saturated carbocycles. The van der Waals surface area contributed by atoms with Crippen molar-refractivity contribution in [1.82, 2.24) is 0 Å². The minimum atomic E-state index is -1.30. The summed E-state index contributed by atoms with van der Waals surface area (Å²) >= 11 is 0. The SMILES string of the molecule is Cc1cc(CCC(C)C(C)C(=O)c2ccc(S(C)=O)cc2)cc(C)c1OC(C)(C)C(=O)O. The summed E-state index contributed by atoms with van der Waals surface area (Å²) in [6, 6.07) is 11.1. The number of carbonyl (C=O) groups is 2. The van der Waals surface area contributed by atoms with E-state index in [9.17, 15) is 18.9 Å². The summed E-state index contributed by atoms with van der Waals surface area (Å²) in [4.78, 5) is 25.0. The fourth-order valence-corrected chi connectivity index (χ4v) is 4.14. The van der Waals surface area contributed by atoms with Gasteiger partial charge in [-0.1, -0.05) is 38.1 Å². The van der Waals surface area contributed by atoms with E-state index in [0.717, 1.165) is 29.5 Å². The van der Waals surface area contributed by atoms with Crippen LogP contribution in [0.15, 0.2) is 41.3 Å². The smallest absolute Gasteiger partial charge is 0.347 e. The highest BCUT2D eigenvalue weighted by Gasteiger charge is 2.30. The Kier molecular flexibility index (Phi) is 8.41. The first-order valence-electron chi connectivity index (χ1n) is 10.8. The molecule has 3 atom stereocenters. The third-order valence-corrected chi connectivity index (χ3v) is 6.95. The van der Waals surface area contributed by atoms with E-state index >= 15 is 0 Å². The van der Waals surface area contributed by atoms with Crippen molar-refractivity contribution in [2.75, 3.05) is 6.26 Å². The highest BCUT2D eigenvalue weighted by Crippen LogP contribution is 2.30. The van der Waals surface area contributed by atoms with Gasteiger partial charge in [-0.3, -0.25) is 9.00 Å². The topological polar surface area (TPSA) is 80.7 Å². The van der Waals surface area contributed by atoms with Crippen molar-refractivity contribution in [2.45, 2.75) is 64.9 Å². The molecule has 0 aliphatic rings. The summed E-state index contributed by atoms with van der Waals surface area (Å²) in [5.41, 5.74) is 2.29. The number of Topliss-reactive ketones (excluding diaryl/α,β-unsaturated/α-hetero) is 1. The van der Waals surface area contributed by atoms with Gasteiger partial charge in [0.25, 0.3) is 0 Å². The van der Waals surface area contributed by atoms with Crippen LogP contribution in [0, 0.1) is 25.7 Å². The van der Waals surface area contributed by atoms with Gasteiger partial charge < -0.3 is 9.84 Å². The van der Waals surface area contributed by atoms with Crippen molar-refractivity contribution in [2.24, 2.45) is 11.8 Å². The summed E-state index contributed by atoms with van der Waals surface area (Å²) in [6.45, 7) is 11.0. The summed E-state index contributed by atoms with van der Waals surface area (Å²) in [6.07, 6.45) is 3.29. The largest absolute Gasteiger partial charge is 0.478 e. The van der Waals surface area contributed by atoms with E-state index in [1.807, 2.05) is 32.9 Å². The predicted octanol–water partition coefficient (Wildman–Crippen LogP) is 5.37. The van der Waals surface area contributed by atoms with Crippen LogP contribution in [0.4, 0.5) is 0 Å². The third kappa shape index (κ3) is 6.28. The predicted molar refractivity (Wildman–Crippen MR) is 128 cm³/mol. The van der Waals surface area contributed by atoms with Crippen LogP contribution >= 0.6 is 0 Å². The van der Waals surface area contributed by atoms with Crippen LogP contribution in [-0.2, 0) is 22.0 Å². The van der Waals surface area contributed by atoms with Gasteiger partial charge in [0.1, 0.15) is 5.75 Å². The van der Waals surface area contributed by atoms with Crippen LogP contribution in [0.5, 0.6) is 5.75 Å². The van der Waals surface area contributed by atoms with E-state index in [0.29, 0.717) is 16.2 Å². The molecule has 1 N–H and O–H groups in total. The van der Waals surface area contributed by atoms with Gasteiger partial charge in [0.15, 0.2) is 11.4 Å². The number of carbonyl (C=O) groups excluding carboxylic acids is 1. The zero-order chi connectivity index (χ0) is 24.2. The van der Waals surface area contributed by atoms with Crippen LogP contribution in [0.2, 0.25) is 0 Å². The Morgan fingerprint density at radius 1 is 1.06 bits per heavy atom. The second kappa shape index (κ2) is 10.4. The lowest BCUT2D eigenvalue weighted by molar-refractivity contribution is -0.152. The molecule has 6 heteroatoms. The summed E-state index contributed by atoms with van der Waals surface area (Å²) in [7, 11) is -1.06. The van der Waals surface area contributed by atoms with Gasteiger partial charge in [0, 0.05) is 33.4 Å². The number of ketones is 1. The minimum Gasteiger partial charge on any atom is -0.478 e. The second-order valence-electron chi connectivity index (χ2n) is 9.12. The molecule has 0 fully saturated rings. The maximum atomic E-state index is 12.9. The van der Waals surface area contributed by atoms with E-state index in [1.165, 1.54) is 13.8 Å². The molecule has 0 aliphatic heterocycles. The van der Waals surface area contributed by atoms with Gasteiger partial charge in [-0.2, -0.15) is 0 Å². The summed E-state index contributed by atoms with van der Waals surface area (Å²) in [5.74, 6) is -0.253. The fourth-order valence-electron chi connectivity index (χ4n) is 3.62. The maximum absolute atomic E-state index is 12.9. The molecule has 0 saturated heterocycles. The van der Waals surface area contributed by atoms with Crippen LogP contribution < -0.4 is 4.74 Å². The molecule has 2 rings (SSSR count). The number of ether oxygens (including phenoxy) is 1. The van der Waals surface area contributed by atoms with Crippen molar-refractivity contribution in [3.8, 4) is 5.75 Å². The van der Waals surface area contributed by atoms with E-state index < -0.39 is 22.4 Å². The molecule has 2 aromatic rings. The van der Waals surface area contributed by atoms with Crippen molar-refractivity contribution >= 4 is 22.6 Å². The molecule has 0 spiro atoms. The monoisotopic (exact) mass is 458 g/mol. The Morgan fingerprint density at radius 2 is 1.59 bits per heavy atom. The van der Waals surface area contributed by atoms with Crippen LogP contribution in [0.1, 0.15) is 61.2 Å². The molecule has 2 aromatic carbocycles. The average Bonchev–Trinajstić information content (AvgIpc) is 2.73. The number of aryl methyl sites for hydroxylation is 3. The Labute approximate surface area is 193 Å². The number of carboxylic acid groups (broad SMARTS) is 1. The van der Waals surface area contributed by atoms with Crippen molar-refractivity contribution in [3.05, 3.63) is 58.7 Å². The number of hydrogen-bond acceptors (Lipinski definition) is 4. The van der Waals surface area contributed by atoms with Gasteiger partial charge in [0.2, 0.25) is 0 Å². The first kappa shape index (κ1) is 25.8. The second-order valence-corrected chi connectivity index (χ2v) is 10.5. The number of benzene rings is 2. The first-order chi connectivity index (χ1) is 14.8. The number of carboxylic acids is 1.